The Balaban J connectivity index is 1.46. The normalized spacial score (nSPS) is 13.9. The summed E-state index contributed by atoms with van der Waals surface area (Å²) in [6.07, 6.45) is 0. The molecule has 172 valence electrons. The Morgan fingerprint density at radius 3 is 2.12 bits per heavy atom. The van der Waals surface area contributed by atoms with Crippen LogP contribution in [0.25, 0.3) is 0 Å². The molecular weight excluding hydrogens is 404 g/mol. The number of amides is 2. The molecule has 1 N–H and O–H groups in total. The zero-order valence-electron chi connectivity index (χ0n) is 19.8. The monoisotopic (exact) mass is 438 g/mol. The van der Waals surface area contributed by atoms with Crippen LogP contribution in [0.3, 0.4) is 0 Å². The maximum Gasteiger partial charge on any atom is 0.238 e. The molecule has 0 saturated carbocycles. The molecule has 2 aromatic carbocycles. The number of carbonyl (C=O) groups is 2. The van der Waals surface area contributed by atoms with E-state index in [-0.39, 0.29) is 24.9 Å². The van der Waals surface area contributed by atoms with Crippen molar-refractivity contribution in [2.45, 2.75) is 20.8 Å². The highest BCUT2D eigenvalue weighted by Crippen LogP contribution is 2.22. The van der Waals surface area contributed by atoms with Crippen molar-refractivity contribution in [3.05, 3.63) is 53.1 Å². The summed E-state index contributed by atoms with van der Waals surface area (Å²) in [6, 6.07) is 12.1. The van der Waals surface area contributed by atoms with E-state index in [2.05, 4.69) is 22.3 Å². The fraction of sp³-hybridized carbons (Fsp3) is 0.440. The Hall–Kier alpha value is -3.06. The summed E-state index contributed by atoms with van der Waals surface area (Å²) < 4.78 is 5.21. The minimum atomic E-state index is -0.111. The van der Waals surface area contributed by atoms with Crippen LogP contribution in [-0.4, -0.2) is 75.0 Å². The number of ether oxygens (including phenoxy) is 1. The van der Waals surface area contributed by atoms with E-state index < -0.39 is 0 Å². The van der Waals surface area contributed by atoms with Gasteiger partial charge < -0.3 is 19.9 Å². The fourth-order valence-corrected chi connectivity index (χ4v) is 4.20. The Labute approximate surface area is 190 Å². The number of anilines is 2. The molecule has 0 atom stereocenters. The topological polar surface area (TPSA) is 65.1 Å². The van der Waals surface area contributed by atoms with Crippen LogP contribution in [0.15, 0.2) is 36.4 Å². The second kappa shape index (κ2) is 10.5. The Bertz CT molecular complexity index is 927. The van der Waals surface area contributed by atoms with Crippen LogP contribution in [0, 0.1) is 20.8 Å². The lowest BCUT2D eigenvalue weighted by atomic mass is 10.1. The molecule has 0 spiro atoms. The van der Waals surface area contributed by atoms with E-state index in [9.17, 15) is 9.59 Å². The first-order valence-electron chi connectivity index (χ1n) is 11.0. The van der Waals surface area contributed by atoms with Gasteiger partial charge in [0.05, 0.1) is 20.2 Å². The summed E-state index contributed by atoms with van der Waals surface area (Å²) in [5.74, 6) is 0.777. The lowest BCUT2D eigenvalue weighted by Crippen LogP contribution is -2.51. The van der Waals surface area contributed by atoms with Crippen LogP contribution in [-0.2, 0) is 9.59 Å². The quantitative estimate of drug-likeness (QED) is 0.720. The zero-order valence-corrected chi connectivity index (χ0v) is 19.8. The largest absolute Gasteiger partial charge is 0.497 e. The number of benzene rings is 2. The zero-order chi connectivity index (χ0) is 23.3. The lowest BCUT2D eigenvalue weighted by Gasteiger charge is -2.36. The van der Waals surface area contributed by atoms with Gasteiger partial charge in [-0.2, -0.15) is 0 Å². The molecule has 7 nitrogen and oxygen atoms in total. The maximum absolute atomic E-state index is 12.7. The first-order chi connectivity index (χ1) is 15.3. The maximum atomic E-state index is 12.7. The Morgan fingerprint density at radius 2 is 1.56 bits per heavy atom. The van der Waals surface area contributed by atoms with Gasteiger partial charge in [-0.15, -0.1) is 0 Å². The molecule has 0 unspecified atom stereocenters. The van der Waals surface area contributed by atoms with Crippen molar-refractivity contribution >= 4 is 23.2 Å². The van der Waals surface area contributed by atoms with Crippen molar-refractivity contribution in [3.8, 4) is 5.75 Å². The summed E-state index contributed by atoms with van der Waals surface area (Å²) in [5.41, 5.74) is 5.25. The van der Waals surface area contributed by atoms with Crippen LogP contribution >= 0.6 is 0 Å². The molecule has 2 aromatic rings. The first kappa shape index (κ1) is 23.6. The highest BCUT2D eigenvalue weighted by Gasteiger charge is 2.23. The number of nitrogens with one attached hydrogen (secondary N) is 1. The molecule has 0 radical (unpaired) electrons. The summed E-state index contributed by atoms with van der Waals surface area (Å²) in [4.78, 5) is 31.2. The van der Waals surface area contributed by atoms with Gasteiger partial charge in [0, 0.05) is 37.6 Å². The van der Waals surface area contributed by atoms with Crippen LogP contribution in [0.1, 0.15) is 16.7 Å². The number of likely N-dealkylation sites (N-methyl/N-ethyl adjacent to an activating group) is 1. The van der Waals surface area contributed by atoms with E-state index in [1.807, 2.05) is 49.9 Å². The van der Waals surface area contributed by atoms with E-state index in [1.54, 1.807) is 19.1 Å². The predicted octanol–water partition coefficient (Wildman–Crippen LogP) is 2.84. The van der Waals surface area contributed by atoms with Crippen LogP contribution in [0.4, 0.5) is 11.4 Å². The molecule has 1 aliphatic heterocycles. The number of nitrogens with zero attached hydrogens (tertiary/aromatic N) is 3. The van der Waals surface area contributed by atoms with E-state index in [1.165, 1.54) is 5.56 Å². The number of carbonyl (C=O) groups excluding carboxylic acids is 2. The summed E-state index contributed by atoms with van der Waals surface area (Å²) in [6.45, 7) is 9.35. The third-order valence-corrected chi connectivity index (χ3v) is 5.83. The summed E-state index contributed by atoms with van der Waals surface area (Å²) in [7, 11) is 3.46. The van der Waals surface area contributed by atoms with Gasteiger partial charge in [0.15, 0.2) is 0 Å². The summed E-state index contributed by atoms with van der Waals surface area (Å²) >= 11 is 0. The second-order valence-electron chi connectivity index (χ2n) is 8.56. The van der Waals surface area contributed by atoms with Gasteiger partial charge in [0.25, 0.3) is 0 Å². The minimum absolute atomic E-state index is 0.0531. The van der Waals surface area contributed by atoms with Crippen LogP contribution < -0.4 is 15.0 Å². The van der Waals surface area contributed by atoms with Gasteiger partial charge in [0.2, 0.25) is 11.8 Å². The van der Waals surface area contributed by atoms with Gasteiger partial charge in [-0.3, -0.25) is 14.5 Å². The molecule has 1 aliphatic rings. The number of hydrogen-bond donors (Lipinski definition) is 1. The first-order valence-corrected chi connectivity index (χ1v) is 11.0. The van der Waals surface area contributed by atoms with E-state index in [0.717, 1.165) is 41.3 Å². The van der Waals surface area contributed by atoms with Gasteiger partial charge in [-0.1, -0.05) is 17.7 Å². The number of aryl methyl sites for hydroxylation is 3. The SMILES string of the molecule is COc1ccc(N2CCN(C(=O)CN(C)CC(=O)Nc3c(C)cc(C)cc3C)CC2)cc1. The third kappa shape index (κ3) is 6.01. The number of piperazine rings is 1. The average Bonchev–Trinajstić information content (AvgIpc) is 2.76. The highest BCUT2D eigenvalue weighted by atomic mass is 16.5. The fourth-order valence-electron chi connectivity index (χ4n) is 4.20. The molecule has 32 heavy (non-hydrogen) atoms. The lowest BCUT2D eigenvalue weighted by molar-refractivity contribution is -0.132. The molecule has 7 heteroatoms. The van der Waals surface area contributed by atoms with Crippen molar-refractivity contribution in [1.29, 1.82) is 0 Å². The number of rotatable bonds is 7. The Morgan fingerprint density at radius 1 is 0.969 bits per heavy atom. The Kier molecular flexibility index (Phi) is 7.75. The van der Waals surface area contributed by atoms with Crippen molar-refractivity contribution in [2.24, 2.45) is 0 Å². The molecule has 1 fully saturated rings. The summed E-state index contributed by atoms with van der Waals surface area (Å²) in [5, 5.41) is 3.00. The molecule has 0 aromatic heterocycles. The second-order valence-corrected chi connectivity index (χ2v) is 8.56. The van der Waals surface area contributed by atoms with Gasteiger partial charge in [0.1, 0.15) is 5.75 Å². The standard InChI is InChI=1S/C25H34N4O3/c1-18-14-19(2)25(20(3)15-18)26-23(30)16-27(4)17-24(31)29-12-10-28(11-13-29)21-6-8-22(32-5)9-7-21/h6-9,14-15H,10-13,16-17H2,1-5H3,(H,26,30). The third-order valence-electron chi connectivity index (χ3n) is 5.83. The predicted molar refractivity (Wildman–Crippen MR) is 129 cm³/mol. The van der Waals surface area contributed by atoms with E-state index in [0.29, 0.717) is 13.1 Å². The number of hydrogen-bond acceptors (Lipinski definition) is 5. The van der Waals surface area contributed by atoms with Crippen molar-refractivity contribution in [3.63, 3.8) is 0 Å². The molecule has 1 heterocycles. The molecule has 0 bridgehead atoms. The molecule has 1 saturated heterocycles. The van der Waals surface area contributed by atoms with E-state index >= 15 is 0 Å². The van der Waals surface area contributed by atoms with E-state index in [4.69, 9.17) is 4.74 Å². The van der Waals surface area contributed by atoms with Crippen molar-refractivity contribution < 1.29 is 14.3 Å². The van der Waals surface area contributed by atoms with Gasteiger partial charge in [-0.25, -0.2) is 0 Å². The molecule has 3 rings (SSSR count). The van der Waals surface area contributed by atoms with Gasteiger partial charge >= 0.3 is 0 Å². The van der Waals surface area contributed by atoms with Gasteiger partial charge in [-0.05, 0) is 63.2 Å². The molecular formula is C25H34N4O3. The average molecular weight is 439 g/mol. The number of methoxy groups -OCH3 is 1. The van der Waals surface area contributed by atoms with Crippen molar-refractivity contribution in [2.75, 3.05) is 63.6 Å². The van der Waals surface area contributed by atoms with Crippen LogP contribution in [0.2, 0.25) is 0 Å². The highest BCUT2D eigenvalue weighted by molar-refractivity contribution is 5.94. The van der Waals surface area contributed by atoms with Crippen LogP contribution in [0.5, 0.6) is 5.75 Å². The minimum Gasteiger partial charge on any atom is -0.497 e. The van der Waals surface area contributed by atoms with Crippen molar-refractivity contribution in [1.82, 2.24) is 9.80 Å². The molecule has 0 aliphatic carbocycles. The molecule has 2 amide bonds. The smallest absolute Gasteiger partial charge is 0.238 e.